The molecule has 1 rings (SSSR count). The second-order valence-electron chi connectivity index (χ2n) is 3.14. The average Bonchev–Trinajstić information content (AvgIpc) is 2.29. The molecular weight excluding hydrogens is 192 g/mol. The number of hydrogen-bond acceptors (Lipinski definition) is 5. The molecule has 5 heteroatoms. The lowest BCUT2D eigenvalue weighted by atomic mass is 10.2. The Hall–Kier alpha value is -1.67. The number of nitrogens with one attached hydrogen (secondary N) is 1. The Morgan fingerprint density at radius 1 is 1.67 bits per heavy atom. The van der Waals surface area contributed by atoms with E-state index >= 15 is 0 Å². The Morgan fingerprint density at radius 3 is 3.07 bits per heavy atom. The molecule has 1 unspecified atom stereocenters. The Kier molecular flexibility index (Phi) is 4.51. The van der Waals surface area contributed by atoms with Crippen LogP contribution < -0.4 is 5.32 Å². The number of nitrogens with zero attached hydrogens (tertiary/aromatic N) is 3. The second-order valence-corrected chi connectivity index (χ2v) is 3.14. The topological polar surface area (TPSA) is 81.8 Å². The van der Waals surface area contributed by atoms with E-state index in [2.05, 4.69) is 15.3 Å². The molecule has 5 nitrogen and oxygen atoms in total. The van der Waals surface area contributed by atoms with Crippen molar-refractivity contribution in [1.29, 1.82) is 5.26 Å². The van der Waals surface area contributed by atoms with Crippen LogP contribution in [0.4, 0.5) is 5.95 Å². The van der Waals surface area contributed by atoms with Gasteiger partial charge in [0.1, 0.15) is 11.8 Å². The van der Waals surface area contributed by atoms with Crippen LogP contribution in [0.3, 0.4) is 0 Å². The zero-order valence-corrected chi connectivity index (χ0v) is 8.64. The fraction of sp³-hybridized carbons (Fsp3) is 0.500. The number of nitriles is 1. The van der Waals surface area contributed by atoms with Gasteiger partial charge >= 0.3 is 0 Å². The molecule has 15 heavy (non-hydrogen) atoms. The summed E-state index contributed by atoms with van der Waals surface area (Å²) in [5, 5.41) is 20.5. The van der Waals surface area contributed by atoms with Crippen molar-refractivity contribution in [2.75, 3.05) is 11.9 Å². The van der Waals surface area contributed by atoms with E-state index in [1.54, 1.807) is 12.3 Å². The van der Waals surface area contributed by atoms with Crippen molar-refractivity contribution in [3.63, 3.8) is 0 Å². The van der Waals surface area contributed by atoms with E-state index in [1.165, 1.54) is 0 Å². The molecule has 2 N–H and O–H groups in total. The van der Waals surface area contributed by atoms with Crippen LogP contribution >= 0.6 is 0 Å². The van der Waals surface area contributed by atoms with Crippen LogP contribution in [0.5, 0.6) is 0 Å². The van der Waals surface area contributed by atoms with Gasteiger partial charge in [-0.05, 0) is 18.9 Å². The van der Waals surface area contributed by atoms with Crippen molar-refractivity contribution in [1.82, 2.24) is 9.97 Å². The molecule has 0 aliphatic carbocycles. The summed E-state index contributed by atoms with van der Waals surface area (Å²) in [5.41, 5.74) is 0.339. The normalized spacial score (nSPS) is 11.8. The van der Waals surface area contributed by atoms with Crippen molar-refractivity contribution in [3.8, 4) is 6.07 Å². The second kappa shape index (κ2) is 5.94. The third-order valence-corrected chi connectivity index (χ3v) is 2.07. The monoisotopic (exact) mass is 206 g/mol. The summed E-state index contributed by atoms with van der Waals surface area (Å²) in [7, 11) is 0. The van der Waals surface area contributed by atoms with E-state index in [0.717, 1.165) is 6.42 Å². The number of hydrogen-bond donors (Lipinski definition) is 2. The maximum absolute atomic E-state index is 8.81. The minimum absolute atomic E-state index is 0.128. The zero-order chi connectivity index (χ0) is 11.1. The lowest BCUT2D eigenvalue weighted by Crippen LogP contribution is -2.21. The molecule has 0 spiro atoms. The van der Waals surface area contributed by atoms with Gasteiger partial charge in [0.05, 0.1) is 0 Å². The van der Waals surface area contributed by atoms with Crippen LogP contribution in [0.2, 0.25) is 0 Å². The van der Waals surface area contributed by atoms with Crippen molar-refractivity contribution >= 4 is 5.95 Å². The van der Waals surface area contributed by atoms with Crippen LogP contribution in [-0.2, 0) is 0 Å². The van der Waals surface area contributed by atoms with Crippen molar-refractivity contribution < 1.29 is 5.11 Å². The highest BCUT2D eigenvalue weighted by atomic mass is 16.3. The molecule has 0 saturated carbocycles. The van der Waals surface area contributed by atoms with Gasteiger partial charge in [0.25, 0.3) is 0 Å². The number of aliphatic hydroxyl groups excluding tert-OH is 1. The predicted molar refractivity (Wildman–Crippen MR) is 56.2 cm³/mol. The quantitative estimate of drug-likeness (QED) is 0.748. The van der Waals surface area contributed by atoms with E-state index < -0.39 is 0 Å². The zero-order valence-electron chi connectivity index (χ0n) is 8.64. The molecule has 1 heterocycles. The molecule has 0 saturated heterocycles. The maximum Gasteiger partial charge on any atom is 0.224 e. The van der Waals surface area contributed by atoms with Gasteiger partial charge in [0.15, 0.2) is 0 Å². The molecule has 0 bridgehead atoms. The van der Waals surface area contributed by atoms with Crippen LogP contribution in [0, 0.1) is 11.3 Å². The van der Waals surface area contributed by atoms with Crippen molar-refractivity contribution in [2.24, 2.45) is 0 Å². The van der Waals surface area contributed by atoms with E-state index in [-0.39, 0.29) is 12.6 Å². The van der Waals surface area contributed by atoms with Gasteiger partial charge in [-0.2, -0.15) is 5.26 Å². The summed E-state index contributed by atoms with van der Waals surface area (Å²) >= 11 is 0. The van der Waals surface area contributed by atoms with Crippen molar-refractivity contribution in [2.45, 2.75) is 25.8 Å². The third-order valence-electron chi connectivity index (χ3n) is 2.07. The fourth-order valence-electron chi connectivity index (χ4n) is 1.21. The molecule has 0 fully saturated rings. The largest absolute Gasteiger partial charge is 0.396 e. The third kappa shape index (κ3) is 3.52. The first-order valence-corrected chi connectivity index (χ1v) is 4.90. The lowest BCUT2D eigenvalue weighted by molar-refractivity contribution is 0.278. The molecule has 0 amide bonds. The van der Waals surface area contributed by atoms with Gasteiger partial charge in [-0.25, -0.2) is 9.97 Å². The first kappa shape index (κ1) is 11.4. The molecule has 0 aliphatic rings. The van der Waals surface area contributed by atoms with E-state index in [1.807, 2.05) is 13.0 Å². The first-order chi connectivity index (χ1) is 7.30. The Morgan fingerprint density at radius 2 is 2.47 bits per heavy atom. The predicted octanol–water partition coefficient (Wildman–Crippen LogP) is 0.921. The van der Waals surface area contributed by atoms with Crippen molar-refractivity contribution in [3.05, 3.63) is 18.0 Å². The minimum atomic E-state index is 0.128. The summed E-state index contributed by atoms with van der Waals surface area (Å²) in [6, 6.07) is 3.65. The minimum Gasteiger partial charge on any atom is -0.396 e. The molecule has 1 atom stereocenters. The van der Waals surface area contributed by atoms with Crippen LogP contribution in [0.1, 0.15) is 25.5 Å². The summed E-state index contributed by atoms with van der Waals surface area (Å²) in [6.45, 7) is 2.14. The SMILES string of the molecule is CCC(CCO)Nc1nccc(C#N)n1. The number of anilines is 1. The Bertz CT molecular complexity index is 348. The van der Waals surface area contributed by atoms with E-state index in [4.69, 9.17) is 10.4 Å². The van der Waals surface area contributed by atoms with Crippen LogP contribution in [-0.4, -0.2) is 27.7 Å². The van der Waals surface area contributed by atoms with Gasteiger partial charge in [-0.1, -0.05) is 6.92 Å². The van der Waals surface area contributed by atoms with Gasteiger partial charge < -0.3 is 10.4 Å². The molecular formula is C10H14N4O. The highest BCUT2D eigenvalue weighted by molar-refractivity contribution is 5.30. The number of aromatic nitrogens is 2. The fourth-order valence-corrected chi connectivity index (χ4v) is 1.21. The summed E-state index contributed by atoms with van der Waals surface area (Å²) in [6.07, 6.45) is 3.07. The summed E-state index contributed by atoms with van der Waals surface area (Å²) < 4.78 is 0. The highest BCUT2D eigenvalue weighted by Gasteiger charge is 2.07. The molecule has 0 aliphatic heterocycles. The molecule has 0 radical (unpaired) electrons. The first-order valence-electron chi connectivity index (χ1n) is 4.90. The standard InChI is InChI=1S/C10H14N4O/c1-2-8(4-6-15)13-10-12-5-3-9(7-11)14-10/h3,5,8,15H,2,4,6H2,1H3,(H,12,13,14). The van der Waals surface area contributed by atoms with Gasteiger partial charge in [-0.3, -0.25) is 0 Å². The average molecular weight is 206 g/mol. The summed E-state index contributed by atoms with van der Waals surface area (Å²) in [4.78, 5) is 8.00. The smallest absolute Gasteiger partial charge is 0.224 e. The van der Waals surface area contributed by atoms with E-state index in [9.17, 15) is 0 Å². The highest BCUT2D eigenvalue weighted by Crippen LogP contribution is 2.06. The Labute approximate surface area is 88.8 Å². The number of aliphatic hydroxyl groups is 1. The number of rotatable bonds is 5. The lowest BCUT2D eigenvalue weighted by Gasteiger charge is -2.15. The van der Waals surface area contributed by atoms with Gasteiger partial charge in [0, 0.05) is 18.8 Å². The molecule has 0 aromatic carbocycles. The maximum atomic E-state index is 8.81. The van der Waals surface area contributed by atoms with E-state index in [0.29, 0.717) is 18.1 Å². The molecule has 1 aromatic heterocycles. The van der Waals surface area contributed by atoms with Gasteiger partial charge in [-0.15, -0.1) is 0 Å². The molecule has 80 valence electrons. The van der Waals surface area contributed by atoms with Gasteiger partial charge in [0.2, 0.25) is 5.95 Å². The molecule has 1 aromatic rings. The summed E-state index contributed by atoms with van der Waals surface area (Å²) in [5.74, 6) is 0.439. The van der Waals surface area contributed by atoms with Crippen LogP contribution in [0.25, 0.3) is 0 Å². The Balaban J connectivity index is 2.66. The van der Waals surface area contributed by atoms with Crippen LogP contribution in [0.15, 0.2) is 12.3 Å².